The normalized spacial score (nSPS) is 13.3. The van der Waals surface area contributed by atoms with E-state index in [1.165, 1.54) is 0 Å². The van der Waals surface area contributed by atoms with Crippen molar-refractivity contribution in [1.82, 2.24) is 16.0 Å². The summed E-state index contributed by atoms with van der Waals surface area (Å²) in [5.41, 5.74) is 2.09. The molecule has 434 valence electrons. The van der Waals surface area contributed by atoms with Gasteiger partial charge >= 0.3 is 7.82 Å². The second-order valence-corrected chi connectivity index (χ2v) is 22.2. The molecule has 0 spiro atoms. The smallest absolute Gasteiger partial charge is 0.475 e. The van der Waals surface area contributed by atoms with Crippen molar-refractivity contribution < 1.29 is 46.7 Å². The minimum Gasteiger partial charge on any atom is -0.494 e. The maximum atomic E-state index is 15.6. The van der Waals surface area contributed by atoms with E-state index in [9.17, 15) is 14.4 Å². The van der Waals surface area contributed by atoms with Gasteiger partial charge in [-0.25, -0.2) is 4.57 Å². The number of carbonyl (C=O) groups excluding carboxylic acids is 3. The van der Waals surface area contributed by atoms with Gasteiger partial charge in [0.25, 0.3) is 0 Å². The number of hydrogen-bond donors (Lipinski definition) is 3. The standard InChI is InChI=1S/C63H102N3O10P/c1-7-13-19-22-25-40-61(67)64-58(52-34-31-37-55(46-52)71-43-28-16-10-4)49-74-77(70,75-50-59(65-62(68)41-26-23-20-14-8-2)53-35-32-38-56(47-53)72-44-29-17-11-5)76-51-60(66-63(69)42-27-24-21-15-9-3)54-36-33-39-57(48-54)73-45-30-18-12-6/h31-39,46-48,58-60H,7-30,40-45,49-51H2,1-6H3,(H,64,67)(H,65,68)(H,66,69). The lowest BCUT2D eigenvalue weighted by molar-refractivity contribution is -0.123. The van der Waals surface area contributed by atoms with E-state index in [1.807, 2.05) is 72.8 Å². The van der Waals surface area contributed by atoms with Crippen LogP contribution in [-0.2, 0) is 32.5 Å². The van der Waals surface area contributed by atoms with Crippen molar-refractivity contribution >= 4 is 25.5 Å². The summed E-state index contributed by atoms with van der Waals surface area (Å²) < 4.78 is 53.3. The third-order valence-electron chi connectivity index (χ3n) is 13.6. The Morgan fingerprint density at radius 1 is 0.377 bits per heavy atom. The molecule has 13 nitrogen and oxygen atoms in total. The van der Waals surface area contributed by atoms with E-state index < -0.39 is 25.9 Å². The Kier molecular flexibility index (Phi) is 36.9. The van der Waals surface area contributed by atoms with Crippen molar-refractivity contribution in [3.05, 3.63) is 89.5 Å². The summed E-state index contributed by atoms with van der Waals surface area (Å²) in [6.45, 7) is 13.7. The van der Waals surface area contributed by atoms with Crippen molar-refractivity contribution in [2.24, 2.45) is 0 Å². The van der Waals surface area contributed by atoms with E-state index in [-0.39, 0.29) is 37.5 Å². The van der Waals surface area contributed by atoms with Crippen molar-refractivity contribution in [2.45, 2.75) is 233 Å². The molecule has 77 heavy (non-hydrogen) atoms. The van der Waals surface area contributed by atoms with Gasteiger partial charge in [-0.05, 0) is 91.6 Å². The minimum atomic E-state index is -4.63. The second-order valence-electron chi connectivity index (χ2n) is 20.6. The number of nitrogens with one attached hydrogen (secondary N) is 3. The van der Waals surface area contributed by atoms with E-state index in [0.717, 1.165) is 154 Å². The van der Waals surface area contributed by atoms with E-state index in [1.54, 1.807) is 0 Å². The maximum absolute atomic E-state index is 15.6. The van der Waals surface area contributed by atoms with Crippen LogP contribution in [0.2, 0.25) is 0 Å². The largest absolute Gasteiger partial charge is 0.494 e. The molecule has 3 unspecified atom stereocenters. The van der Waals surface area contributed by atoms with Gasteiger partial charge in [0, 0.05) is 19.3 Å². The van der Waals surface area contributed by atoms with Crippen LogP contribution < -0.4 is 30.2 Å². The van der Waals surface area contributed by atoms with Gasteiger partial charge in [0.2, 0.25) is 17.7 Å². The molecule has 14 heteroatoms. The Morgan fingerprint density at radius 3 is 0.909 bits per heavy atom. The molecule has 0 bridgehead atoms. The number of carbonyl (C=O) groups is 3. The fraction of sp³-hybridized carbons (Fsp3) is 0.667. The molecule has 0 aliphatic carbocycles. The fourth-order valence-corrected chi connectivity index (χ4v) is 10.0. The van der Waals surface area contributed by atoms with E-state index in [2.05, 4.69) is 57.5 Å². The van der Waals surface area contributed by atoms with Crippen LogP contribution in [0.1, 0.15) is 250 Å². The lowest BCUT2D eigenvalue weighted by Gasteiger charge is -2.27. The number of rotatable bonds is 48. The first-order chi connectivity index (χ1) is 37.6. The van der Waals surface area contributed by atoms with E-state index >= 15 is 4.57 Å². The summed E-state index contributed by atoms with van der Waals surface area (Å²) in [4.78, 5) is 41.2. The topological polar surface area (TPSA) is 160 Å². The molecular formula is C63H102N3O10P. The zero-order valence-corrected chi connectivity index (χ0v) is 49.4. The Morgan fingerprint density at radius 2 is 0.636 bits per heavy atom. The third kappa shape index (κ3) is 30.5. The Hall–Kier alpha value is -4.42. The highest BCUT2D eigenvalue weighted by Gasteiger charge is 2.33. The van der Waals surface area contributed by atoms with Crippen LogP contribution in [0.25, 0.3) is 0 Å². The average Bonchev–Trinajstić information content (AvgIpc) is 3.43. The molecule has 3 aromatic carbocycles. The van der Waals surface area contributed by atoms with Crippen LogP contribution in [0.5, 0.6) is 17.2 Å². The summed E-state index contributed by atoms with van der Waals surface area (Å²) in [5, 5.41) is 9.50. The highest BCUT2D eigenvalue weighted by Crippen LogP contribution is 2.51. The third-order valence-corrected chi connectivity index (χ3v) is 15.0. The highest BCUT2D eigenvalue weighted by molar-refractivity contribution is 7.48. The monoisotopic (exact) mass is 1090 g/mol. The van der Waals surface area contributed by atoms with E-state index in [4.69, 9.17) is 27.8 Å². The first-order valence-electron chi connectivity index (χ1n) is 30.2. The number of phosphoric ester groups is 1. The SMILES string of the molecule is CCCCCCCC(=O)NC(COP(=O)(OCC(NC(=O)CCCCCCC)c1cccc(OCCCCC)c1)OCC(NC(=O)CCCCCCC)c1cccc(OCCCCC)c1)c1cccc(OCCCCC)c1. The van der Waals surface area contributed by atoms with Gasteiger partial charge in [-0.15, -0.1) is 0 Å². The van der Waals surface area contributed by atoms with Crippen molar-refractivity contribution in [2.75, 3.05) is 39.6 Å². The molecule has 0 saturated heterocycles. The maximum Gasteiger partial charge on any atom is 0.475 e. The lowest BCUT2D eigenvalue weighted by atomic mass is 10.1. The first kappa shape index (κ1) is 66.9. The molecule has 0 radical (unpaired) electrons. The van der Waals surface area contributed by atoms with Gasteiger partial charge in [-0.2, -0.15) is 0 Å². The lowest BCUT2D eigenvalue weighted by Crippen LogP contribution is -2.33. The quantitative estimate of drug-likeness (QED) is 0.0367. The van der Waals surface area contributed by atoms with Gasteiger partial charge < -0.3 is 30.2 Å². The molecule has 0 saturated carbocycles. The summed E-state index contributed by atoms with van der Waals surface area (Å²) >= 11 is 0. The molecule has 0 heterocycles. The van der Waals surface area contributed by atoms with Gasteiger partial charge in [0.15, 0.2) is 0 Å². The van der Waals surface area contributed by atoms with Crippen molar-refractivity contribution in [1.29, 1.82) is 0 Å². The van der Waals surface area contributed by atoms with Crippen molar-refractivity contribution in [3.8, 4) is 17.2 Å². The molecule has 3 amide bonds. The molecule has 0 aromatic heterocycles. The molecule has 0 aliphatic rings. The van der Waals surface area contributed by atoms with Gasteiger partial charge in [-0.1, -0.05) is 194 Å². The molecule has 0 fully saturated rings. The van der Waals surface area contributed by atoms with Crippen LogP contribution in [0.3, 0.4) is 0 Å². The molecule has 3 rings (SSSR count). The molecule has 3 aromatic rings. The Balaban J connectivity index is 2.08. The molecular weight excluding hydrogens is 990 g/mol. The Bertz CT molecular complexity index is 1840. The zero-order valence-electron chi connectivity index (χ0n) is 48.5. The van der Waals surface area contributed by atoms with Gasteiger partial charge in [0.05, 0.1) is 57.8 Å². The average molecular weight is 1090 g/mol. The summed E-state index contributed by atoms with van der Waals surface area (Å²) in [6.07, 6.45) is 24.9. The molecule has 3 N–H and O–H groups in total. The van der Waals surface area contributed by atoms with Gasteiger partial charge in [-0.3, -0.25) is 28.0 Å². The number of benzene rings is 3. The van der Waals surface area contributed by atoms with Crippen LogP contribution in [0, 0.1) is 0 Å². The highest BCUT2D eigenvalue weighted by atomic mass is 31.2. The van der Waals surface area contributed by atoms with Crippen LogP contribution in [0.15, 0.2) is 72.8 Å². The number of amides is 3. The van der Waals surface area contributed by atoms with Gasteiger partial charge in [0.1, 0.15) is 17.2 Å². The van der Waals surface area contributed by atoms with Crippen LogP contribution in [-0.4, -0.2) is 57.4 Å². The Labute approximate surface area is 465 Å². The predicted octanol–water partition coefficient (Wildman–Crippen LogP) is 16.5. The fourth-order valence-electron chi connectivity index (χ4n) is 8.83. The van der Waals surface area contributed by atoms with Crippen LogP contribution in [0.4, 0.5) is 0 Å². The summed E-state index contributed by atoms with van der Waals surface area (Å²) in [6, 6.07) is 20.3. The second kappa shape index (κ2) is 42.5. The number of phosphoric acid groups is 1. The minimum absolute atomic E-state index is 0.162. The number of ether oxygens (including phenoxy) is 3. The zero-order chi connectivity index (χ0) is 55.6. The number of hydrogen-bond acceptors (Lipinski definition) is 10. The summed E-state index contributed by atoms with van der Waals surface area (Å²) in [7, 11) is -4.63. The van der Waals surface area contributed by atoms with Crippen LogP contribution >= 0.6 is 7.82 Å². The number of unbranched alkanes of at least 4 members (excludes halogenated alkanes) is 18. The molecule has 3 atom stereocenters. The first-order valence-corrected chi connectivity index (χ1v) is 31.6. The molecule has 0 aliphatic heterocycles. The predicted molar refractivity (Wildman–Crippen MR) is 313 cm³/mol. The van der Waals surface area contributed by atoms with E-state index in [0.29, 0.717) is 73.0 Å². The summed E-state index contributed by atoms with van der Waals surface area (Å²) in [5.74, 6) is 1.45. The van der Waals surface area contributed by atoms with Crippen molar-refractivity contribution in [3.63, 3.8) is 0 Å².